The molecule has 2 aliphatic rings. The van der Waals surface area contributed by atoms with Crippen molar-refractivity contribution in [2.75, 3.05) is 0 Å². The highest BCUT2D eigenvalue weighted by Gasteiger charge is 2.53. The number of halogens is 2. The summed E-state index contributed by atoms with van der Waals surface area (Å²) in [6.45, 7) is 0. The van der Waals surface area contributed by atoms with E-state index in [0.29, 0.717) is 22.9 Å². The van der Waals surface area contributed by atoms with Crippen LogP contribution in [0.4, 0.5) is 4.39 Å². The van der Waals surface area contributed by atoms with Crippen molar-refractivity contribution in [1.29, 1.82) is 0 Å². The van der Waals surface area contributed by atoms with E-state index in [2.05, 4.69) is 0 Å². The zero-order chi connectivity index (χ0) is 12.7. The van der Waals surface area contributed by atoms with Crippen molar-refractivity contribution in [3.8, 4) is 0 Å². The lowest BCUT2D eigenvalue weighted by atomic mass is 10.0. The maximum atomic E-state index is 13.7. The van der Waals surface area contributed by atoms with Crippen molar-refractivity contribution in [3.05, 3.63) is 34.6 Å². The fourth-order valence-corrected chi connectivity index (χ4v) is 4.02. The van der Waals surface area contributed by atoms with E-state index in [-0.39, 0.29) is 11.9 Å². The number of fused-ring (bicyclic) bond motifs is 1. The fraction of sp³-hybridized carbons (Fsp3) is 0.600. The molecule has 1 nitrogen and oxygen atoms in total. The maximum absolute atomic E-state index is 13.7. The Labute approximate surface area is 113 Å². The maximum Gasteiger partial charge on any atom is 0.127 e. The lowest BCUT2D eigenvalue weighted by Crippen LogP contribution is -2.27. The quantitative estimate of drug-likeness (QED) is 0.886. The summed E-state index contributed by atoms with van der Waals surface area (Å²) in [5.41, 5.74) is 6.88. The molecular formula is C15H19ClFN. The number of rotatable bonds is 3. The van der Waals surface area contributed by atoms with Crippen molar-refractivity contribution in [2.24, 2.45) is 23.5 Å². The molecule has 98 valence electrons. The SMILES string of the molecule is NC(Cc1c(F)cccc1Cl)C1C2CCCCC21. The first-order valence-corrected chi connectivity index (χ1v) is 7.24. The van der Waals surface area contributed by atoms with E-state index in [1.807, 2.05) is 0 Å². The van der Waals surface area contributed by atoms with Crippen LogP contribution in [0.1, 0.15) is 31.2 Å². The molecular weight excluding hydrogens is 249 g/mol. The lowest BCUT2D eigenvalue weighted by Gasteiger charge is -2.13. The molecule has 2 aliphatic carbocycles. The summed E-state index contributed by atoms with van der Waals surface area (Å²) in [4.78, 5) is 0. The fourth-order valence-electron chi connectivity index (χ4n) is 3.78. The predicted octanol–water partition coefficient (Wildman–Crippen LogP) is 3.79. The topological polar surface area (TPSA) is 26.0 Å². The van der Waals surface area contributed by atoms with Gasteiger partial charge >= 0.3 is 0 Å². The van der Waals surface area contributed by atoms with Gasteiger partial charge in [-0.2, -0.15) is 0 Å². The zero-order valence-corrected chi connectivity index (χ0v) is 11.2. The Balaban J connectivity index is 1.70. The summed E-state index contributed by atoms with van der Waals surface area (Å²) in [6.07, 6.45) is 5.88. The van der Waals surface area contributed by atoms with Gasteiger partial charge in [0.05, 0.1) is 0 Å². The summed E-state index contributed by atoms with van der Waals surface area (Å²) in [6, 6.07) is 4.91. The van der Waals surface area contributed by atoms with Gasteiger partial charge in [-0.1, -0.05) is 30.5 Å². The molecule has 1 aromatic carbocycles. The standard InChI is InChI=1S/C15H19ClFN/c16-12-6-3-7-13(17)11(12)8-14(18)15-9-4-1-2-5-10(9)15/h3,6-7,9-10,14-15H,1-2,4-5,8,18H2. The van der Waals surface area contributed by atoms with Crippen molar-refractivity contribution in [3.63, 3.8) is 0 Å². The van der Waals surface area contributed by atoms with Crippen molar-refractivity contribution in [1.82, 2.24) is 0 Å². The van der Waals surface area contributed by atoms with Gasteiger partial charge in [0, 0.05) is 16.6 Å². The Morgan fingerprint density at radius 1 is 1.28 bits per heavy atom. The molecule has 0 aliphatic heterocycles. The van der Waals surface area contributed by atoms with Gasteiger partial charge in [-0.15, -0.1) is 0 Å². The number of hydrogen-bond acceptors (Lipinski definition) is 1. The van der Waals surface area contributed by atoms with Crippen molar-refractivity contribution in [2.45, 2.75) is 38.1 Å². The molecule has 0 heterocycles. The van der Waals surface area contributed by atoms with Crippen LogP contribution in [0.2, 0.25) is 5.02 Å². The highest BCUT2D eigenvalue weighted by atomic mass is 35.5. The molecule has 2 saturated carbocycles. The minimum absolute atomic E-state index is 0.0625. The first kappa shape index (κ1) is 12.4. The summed E-state index contributed by atoms with van der Waals surface area (Å²) in [5.74, 6) is 1.99. The highest BCUT2D eigenvalue weighted by Crippen LogP contribution is 2.57. The molecule has 0 bridgehead atoms. The number of hydrogen-bond donors (Lipinski definition) is 1. The molecule has 2 fully saturated rings. The van der Waals surface area contributed by atoms with E-state index in [1.165, 1.54) is 31.7 Å². The van der Waals surface area contributed by atoms with E-state index < -0.39 is 0 Å². The highest BCUT2D eigenvalue weighted by molar-refractivity contribution is 6.31. The summed E-state index contributed by atoms with van der Waals surface area (Å²) < 4.78 is 13.7. The third-order valence-electron chi connectivity index (χ3n) is 4.72. The van der Waals surface area contributed by atoms with Crippen LogP contribution in [0.15, 0.2) is 18.2 Å². The second-order valence-electron chi connectivity index (χ2n) is 5.76. The summed E-state index contributed by atoms with van der Waals surface area (Å²) >= 11 is 6.06. The van der Waals surface area contributed by atoms with Crippen LogP contribution in [0.25, 0.3) is 0 Å². The minimum atomic E-state index is -0.221. The molecule has 2 N–H and O–H groups in total. The third kappa shape index (κ3) is 2.17. The van der Waals surface area contributed by atoms with Crippen LogP contribution in [-0.4, -0.2) is 6.04 Å². The van der Waals surface area contributed by atoms with Gasteiger partial charge in [-0.25, -0.2) is 4.39 Å². The van der Waals surface area contributed by atoms with Gasteiger partial charge in [-0.05, 0) is 49.1 Å². The second-order valence-corrected chi connectivity index (χ2v) is 6.16. The average Bonchev–Trinajstić information content (AvgIpc) is 3.08. The molecule has 0 amide bonds. The zero-order valence-electron chi connectivity index (χ0n) is 10.4. The van der Waals surface area contributed by atoms with E-state index in [1.54, 1.807) is 12.1 Å². The van der Waals surface area contributed by atoms with Crippen LogP contribution < -0.4 is 5.73 Å². The van der Waals surface area contributed by atoms with E-state index in [0.717, 1.165) is 11.8 Å². The van der Waals surface area contributed by atoms with Crippen LogP contribution in [0, 0.1) is 23.6 Å². The van der Waals surface area contributed by atoms with Crippen LogP contribution in [-0.2, 0) is 6.42 Å². The summed E-state index contributed by atoms with van der Waals surface area (Å²) in [5, 5.41) is 0.508. The van der Waals surface area contributed by atoms with Gasteiger partial charge in [0.25, 0.3) is 0 Å². The molecule has 3 heteroatoms. The number of nitrogens with two attached hydrogens (primary N) is 1. The van der Waals surface area contributed by atoms with E-state index >= 15 is 0 Å². The molecule has 18 heavy (non-hydrogen) atoms. The van der Waals surface area contributed by atoms with Crippen molar-refractivity contribution >= 4 is 11.6 Å². The van der Waals surface area contributed by atoms with Gasteiger partial charge < -0.3 is 5.73 Å². The van der Waals surface area contributed by atoms with Gasteiger partial charge in [0.1, 0.15) is 5.82 Å². The largest absolute Gasteiger partial charge is 0.327 e. The smallest absolute Gasteiger partial charge is 0.127 e. The number of benzene rings is 1. The third-order valence-corrected chi connectivity index (χ3v) is 5.07. The second kappa shape index (κ2) is 4.82. The molecule has 3 rings (SSSR count). The Morgan fingerprint density at radius 3 is 2.56 bits per heavy atom. The van der Waals surface area contributed by atoms with Crippen LogP contribution in [0.5, 0.6) is 0 Å². The molecule has 3 unspecified atom stereocenters. The normalized spacial score (nSPS) is 31.8. The van der Waals surface area contributed by atoms with E-state index in [4.69, 9.17) is 17.3 Å². The Hall–Kier alpha value is -0.600. The monoisotopic (exact) mass is 267 g/mol. The predicted molar refractivity (Wildman–Crippen MR) is 72.0 cm³/mol. The molecule has 0 spiro atoms. The van der Waals surface area contributed by atoms with Crippen molar-refractivity contribution < 1.29 is 4.39 Å². The first-order chi connectivity index (χ1) is 8.68. The molecule has 0 saturated heterocycles. The van der Waals surface area contributed by atoms with Gasteiger partial charge in [-0.3, -0.25) is 0 Å². The average molecular weight is 268 g/mol. The van der Waals surface area contributed by atoms with Gasteiger partial charge in [0.15, 0.2) is 0 Å². The molecule has 1 aromatic rings. The summed E-state index contributed by atoms with van der Waals surface area (Å²) in [7, 11) is 0. The Bertz CT molecular complexity index is 416. The Kier molecular flexibility index (Phi) is 3.33. The van der Waals surface area contributed by atoms with E-state index in [9.17, 15) is 4.39 Å². The Morgan fingerprint density at radius 2 is 1.94 bits per heavy atom. The molecule has 0 aromatic heterocycles. The molecule has 0 radical (unpaired) electrons. The van der Waals surface area contributed by atoms with Crippen LogP contribution >= 0.6 is 11.6 Å². The van der Waals surface area contributed by atoms with Crippen LogP contribution in [0.3, 0.4) is 0 Å². The first-order valence-electron chi connectivity index (χ1n) is 6.87. The van der Waals surface area contributed by atoms with Gasteiger partial charge in [0.2, 0.25) is 0 Å². The minimum Gasteiger partial charge on any atom is -0.327 e. The molecule has 3 atom stereocenters. The lowest BCUT2D eigenvalue weighted by molar-refractivity contribution is 0.480.